The maximum Gasteiger partial charge on any atom is 0.418 e. The number of halogens is 5. The third-order valence-corrected chi connectivity index (χ3v) is 3.05. The highest BCUT2D eigenvalue weighted by Gasteiger charge is 2.36. The van der Waals surface area contributed by atoms with Crippen LogP contribution in [0.4, 0.5) is 24.5 Å². The molecular formula is C9H6ClF3IN3O2. The average Bonchev–Trinajstić information content (AvgIpc) is 2.29. The molecule has 0 heterocycles. The lowest BCUT2D eigenvalue weighted by Crippen LogP contribution is -2.14. The second kappa shape index (κ2) is 5.90. The minimum absolute atomic E-state index is 0.0350. The Balaban J connectivity index is 3.58. The molecule has 0 unspecified atom stereocenters. The lowest BCUT2D eigenvalue weighted by molar-refractivity contribution is -0.385. The lowest BCUT2D eigenvalue weighted by atomic mass is 10.1. The largest absolute Gasteiger partial charge is 0.418 e. The quantitative estimate of drug-likeness (QED) is 0.208. The number of alkyl halides is 4. The summed E-state index contributed by atoms with van der Waals surface area (Å²) in [5.74, 6) is -0.455. The Morgan fingerprint density at radius 3 is 2.53 bits per heavy atom. The van der Waals surface area contributed by atoms with Crippen molar-refractivity contribution < 1.29 is 18.1 Å². The van der Waals surface area contributed by atoms with Gasteiger partial charge >= 0.3 is 6.18 Å². The Kier molecular flexibility index (Phi) is 4.96. The summed E-state index contributed by atoms with van der Waals surface area (Å²) < 4.78 is 38.5. The van der Waals surface area contributed by atoms with Crippen molar-refractivity contribution in [2.24, 2.45) is 10.7 Å². The first kappa shape index (κ1) is 16.0. The van der Waals surface area contributed by atoms with Crippen molar-refractivity contribution in [3.05, 3.63) is 31.4 Å². The Labute approximate surface area is 123 Å². The molecule has 1 rings (SSSR count). The van der Waals surface area contributed by atoms with Gasteiger partial charge in [-0.3, -0.25) is 10.1 Å². The Hall–Kier alpha value is -1.10. The van der Waals surface area contributed by atoms with Crippen molar-refractivity contribution in [3.63, 3.8) is 0 Å². The number of non-ortho nitro benzene ring substituents is 1. The molecule has 0 atom stereocenters. The number of hydrogen-bond acceptors (Lipinski definition) is 3. The van der Waals surface area contributed by atoms with Crippen LogP contribution in [0.1, 0.15) is 5.56 Å². The molecule has 0 saturated carbocycles. The van der Waals surface area contributed by atoms with Gasteiger partial charge in [0.2, 0.25) is 0 Å². The van der Waals surface area contributed by atoms with Gasteiger partial charge in [0.1, 0.15) is 5.84 Å². The molecule has 19 heavy (non-hydrogen) atoms. The maximum absolute atomic E-state index is 12.9. The van der Waals surface area contributed by atoms with Gasteiger partial charge in [0.15, 0.2) is 0 Å². The minimum atomic E-state index is -4.78. The predicted molar refractivity (Wildman–Crippen MR) is 72.8 cm³/mol. The third kappa shape index (κ3) is 3.93. The lowest BCUT2D eigenvalue weighted by Gasteiger charge is -2.11. The van der Waals surface area contributed by atoms with E-state index >= 15 is 0 Å². The first-order chi connectivity index (χ1) is 8.66. The number of nitrogens with zero attached hydrogens (tertiary/aromatic N) is 2. The molecule has 0 aliphatic carbocycles. The number of nitrogens with two attached hydrogens (primary N) is 1. The van der Waals surface area contributed by atoms with Gasteiger partial charge in [-0.15, -0.1) is 11.6 Å². The highest BCUT2D eigenvalue weighted by Crippen LogP contribution is 2.41. The second-order valence-corrected chi connectivity index (χ2v) is 4.74. The molecule has 1 aromatic carbocycles. The Morgan fingerprint density at radius 2 is 2.11 bits per heavy atom. The van der Waals surface area contributed by atoms with Gasteiger partial charge in [0.05, 0.1) is 22.1 Å². The summed E-state index contributed by atoms with van der Waals surface area (Å²) in [6.07, 6.45) is -4.78. The molecule has 1 aromatic rings. The fraction of sp³-hybridized carbons (Fsp3) is 0.222. The van der Waals surface area contributed by atoms with Crippen molar-refractivity contribution in [1.29, 1.82) is 0 Å². The van der Waals surface area contributed by atoms with E-state index in [2.05, 4.69) is 4.99 Å². The zero-order chi connectivity index (χ0) is 14.8. The number of nitro benzene ring substituents is 1. The number of aliphatic imine (C=N–C) groups is 1. The van der Waals surface area contributed by atoms with E-state index < -0.39 is 28.0 Å². The van der Waals surface area contributed by atoms with Crippen LogP contribution >= 0.6 is 34.2 Å². The maximum atomic E-state index is 12.9. The standard InChI is InChI=1S/C9H6ClF3IN3O2/c10-3-7(15)16-8-5(9(11,12)13)1-4(17(18)19)2-6(8)14/h1-2H,3H2,(H2,15,16). The Morgan fingerprint density at radius 1 is 1.53 bits per heavy atom. The molecule has 0 aliphatic rings. The van der Waals surface area contributed by atoms with E-state index in [4.69, 9.17) is 17.3 Å². The molecule has 0 radical (unpaired) electrons. The molecule has 0 aliphatic heterocycles. The van der Waals surface area contributed by atoms with Crippen LogP contribution in [0, 0.1) is 13.7 Å². The third-order valence-electron chi connectivity index (χ3n) is 1.96. The van der Waals surface area contributed by atoms with E-state index in [0.29, 0.717) is 6.07 Å². The summed E-state index contributed by atoms with van der Waals surface area (Å²) in [5, 5.41) is 10.6. The summed E-state index contributed by atoms with van der Waals surface area (Å²) >= 11 is 6.88. The van der Waals surface area contributed by atoms with Crippen LogP contribution in [-0.2, 0) is 6.18 Å². The highest BCUT2D eigenvalue weighted by molar-refractivity contribution is 14.1. The van der Waals surface area contributed by atoms with Crippen LogP contribution in [0.2, 0.25) is 0 Å². The number of benzene rings is 1. The van der Waals surface area contributed by atoms with Crippen molar-refractivity contribution in [3.8, 4) is 0 Å². The molecule has 0 saturated heterocycles. The van der Waals surface area contributed by atoms with E-state index in [-0.39, 0.29) is 15.3 Å². The van der Waals surface area contributed by atoms with E-state index in [9.17, 15) is 23.3 Å². The second-order valence-electron chi connectivity index (χ2n) is 3.32. The van der Waals surface area contributed by atoms with E-state index in [1.165, 1.54) is 22.6 Å². The molecule has 0 spiro atoms. The fourth-order valence-electron chi connectivity index (χ4n) is 1.19. The molecule has 2 N–H and O–H groups in total. The molecule has 0 bridgehead atoms. The fourth-order valence-corrected chi connectivity index (χ4v) is 1.98. The number of nitro groups is 1. The van der Waals surface area contributed by atoms with Crippen molar-refractivity contribution in [1.82, 2.24) is 0 Å². The number of hydrogen-bond donors (Lipinski definition) is 1. The van der Waals surface area contributed by atoms with Gasteiger partial charge in [0, 0.05) is 15.7 Å². The average molecular weight is 408 g/mol. The zero-order valence-electron chi connectivity index (χ0n) is 9.04. The van der Waals surface area contributed by atoms with Crippen molar-refractivity contribution in [2.45, 2.75) is 6.18 Å². The van der Waals surface area contributed by atoms with Crippen molar-refractivity contribution in [2.75, 3.05) is 5.88 Å². The van der Waals surface area contributed by atoms with Crippen LogP contribution in [0.15, 0.2) is 17.1 Å². The predicted octanol–water partition coefficient (Wildman–Crippen LogP) is 3.45. The molecule has 104 valence electrons. The van der Waals surface area contributed by atoms with Gasteiger partial charge < -0.3 is 5.73 Å². The van der Waals surface area contributed by atoms with Gasteiger partial charge in [-0.25, -0.2) is 4.99 Å². The molecule has 0 fully saturated rings. The zero-order valence-corrected chi connectivity index (χ0v) is 12.0. The first-order valence-corrected chi connectivity index (χ1v) is 6.22. The minimum Gasteiger partial charge on any atom is -0.386 e. The highest BCUT2D eigenvalue weighted by atomic mass is 127. The SMILES string of the molecule is NC(CCl)=Nc1c(I)cc([N+](=O)[O-])cc1C(F)(F)F. The van der Waals surface area contributed by atoms with Gasteiger partial charge in [-0.1, -0.05) is 0 Å². The summed E-state index contributed by atoms with van der Waals surface area (Å²) in [5.41, 5.74) is 2.93. The summed E-state index contributed by atoms with van der Waals surface area (Å²) in [6, 6.07) is 1.40. The van der Waals surface area contributed by atoms with Crippen LogP contribution in [0.3, 0.4) is 0 Å². The van der Waals surface area contributed by atoms with E-state index in [1.54, 1.807) is 0 Å². The smallest absolute Gasteiger partial charge is 0.386 e. The molecular weight excluding hydrogens is 401 g/mol. The number of amidine groups is 1. The molecule has 0 amide bonds. The Bertz CT molecular complexity index is 548. The van der Waals surface area contributed by atoms with Crippen LogP contribution in [-0.4, -0.2) is 16.6 Å². The molecule has 10 heteroatoms. The summed E-state index contributed by atoms with van der Waals surface area (Å²) in [7, 11) is 0. The van der Waals surface area contributed by atoms with Gasteiger partial charge in [-0.05, 0) is 22.6 Å². The van der Waals surface area contributed by atoms with Gasteiger partial charge in [-0.2, -0.15) is 13.2 Å². The first-order valence-electron chi connectivity index (χ1n) is 4.61. The van der Waals surface area contributed by atoms with Crippen LogP contribution in [0.5, 0.6) is 0 Å². The van der Waals surface area contributed by atoms with E-state index in [1.807, 2.05) is 0 Å². The monoisotopic (exact) mass is 407 g/mol. The summed E-state index contributed by atoms with van der Waals surface area (Å²) in [4.78, 5) is 13.2. The topological polar surface area (TPSA) is 81.5 Å². The molecule has 0 aromatic heterocycles. The van der Waals surface area contributed by atoms with Gasteiger partial charge in [0.25, 0.3) is 5.69 Å². The number of rotatable bonds is 3. The normalized spacial score (nSPS) is 12.6. The van der Waals surface area contributed by atoms with Crippen LogP contribution in [0.25, 0.3) is 0 Å². The summed E-state index contributed by atoms with van der Waals surface area (Å²) in [6.45, 7) is 0. The van der Waals surface area contributed by atoms with Crippen LogP contribution < -0.4 is 5.73 Å². The van der Waals surface area contributed by atoms with E-state index in [0.717, 1.165) is 6.07 Å². The molecule has 5 nitrogen and oxygen atoms in total. The van der Waals surface area contributed by atoms with Crippen molar-refractivity contribution >= 4 is 51.4 Å².